The van der Waals surface area contributed by atoms with Gasteiger partial charge in [-0.3, -0.25) is 14.4 Å². The Labute approximate surface area is 202 Å². The molecule has 4 rings (SSSR count). The summed E-state index contributed by atoms with van der Waals surface area (Å²) < 4.78 is 5.14. The van der Waals surface area contributed by atoms with Crippen molar-refractivity contribution < 1.29 is 23.9 Å². The lowest BCUT2D eigenvalue weighted by molar-refractivity contribution is -0.136. The van der Waals surface area contributed by atoms with E-state index >= 15 is 0 Å². The maximum absolute atomic E-state index is 13.4. The van der Waals surface area contributed by atoms with E-state index in [1.165, 1.54) is 11.0 Å². The molecule has 2 heterocycles. The average Bonchev–Trinajstić information content (AvgIpc) is 3.05. The van der Waals surface area contributed by atoms with E-state index in [0.29, 0.717) is 29.7 Å². The molecule has 0 bridgehead atoms. The highest BCUT2D eigenvalue weighted by atomic mass is 16.6. The van der Waals surface area contributed by atoms with Crippen molar-refractivity contribution in [1.82, 2.24) is 9.80 Å². The van der Waals surface area contributed by atoms with Gasteiger partial charge in [0.05, 0.1) is 17.2 Å². The number of primary amides is 1. The van der Waals surface area contributed by atoms with Crippen LogP contribution in [0, 0.1) is 17.2 Å². The lowest BCUT2D eigenvalue weighted by Gasteiger charge is -2.45. The van der Waals surface area contributed by atoms with Crippen LogP contribution in [-0.2, 0) is 14.3 Å². The predicted molar refractivity (Wildman–Crippen MR) is 125 cm³/mol. The van der Waals surface area contributed by atoms with E-state index in [0.717, 1.165) is 0 Å². The van der Waals surface area contributed by atoms with Crippen LogP contribution in [0.4, 0.5) is 10.5 Å². The van der Waals surface area contributed by atoms with Gasteiger partial charge in [-0.15, -0.1) is 0 Å². The summed E-state index contributed by atoms with van der Waals surface area (Å²) in [5.74, 6) is -2.24. The molecule has 0 aromatic heterocycles. The maximum atomic E-state index is 13.4. The molecule has 2 atom stereocenters. The van der Waals surface area contributed by atoms with Crippen LogP contribution in [0.3, 0.4) is 0 Å². The smallest absolute Gasteiger partial charge is 0.405 e. The van der Waals surface area contributed by atoms with Crippen LogP contribution in [0.1, 0.15) is 28.8 Å². The molecule has 4 amide bonds. The summed E-state index contributed by atoms with van der Waals surface area (Å²) in [6.45, 7) is 0.539. The number of para-hydroxylation sites is 1. The van der Waals surface area contributed by atoms with Crippen molar-refractivity contribution in [3.8, 4) is 6.07 Å². The standard InChI is InChI=1S/C25H25N5O5/c1-29-23(33)20(35-24(27)34)19(21(31)28-18-8-3-2-4-9-18)25(29)10-12-30(13-11-25)22(32)17-7-5-6-16(14-17)15-26/h2-9,14,19-20H,10-13H2,1H3,(H2,27,34)(H,28,31)/t19-,20+/m0/s1. The average molecular weight is 476 g/mol. The molecule has 0 aliphatic carbocycles. The lowest BCUT2D eigenvalue weighted by atomic mass is 9.75. The topological polar surface area (TPSA) is 146 Å². The Morgan fingerprint density at radius 1 is 1.11 bits per heavy atom. The largest absolute Gasteiger partial charge is 0.435 e. The van der Waals surface area contributed by atoms with Crippen LogP contribution in [0.25, 0.3) is 0 Å². The molecular formula is C25H25N5O5. The van der Waals surface area contributed by atoms with Gasteiger partial charge in [-0.2, -0.15) is 5.26 Å². The van der Waals surface area contributed by atoms with Gasteiger partial charge in [0.15, 0.2) is 6.10 Å². The first-order valence-corrected chi connectivity index (χ1v) is 11.2. The normalized spacial score (nSPS) is 20.9. The summed E-state index contributed by atoms with van der Waals surface area (Å²) in [5, 5.41) is 11.9. The summed E-state index contributed by atoms with van der Waals surface area (Å²) in [7, 11) is 1.57. The number of rotatable bonds is 4. The third kappa shape index (κ3) is 4.40. The first kappa shape index (κ1) is 23.8. The van der Waals surface area contributed by atoms with Gasteiger partial charge in [0.2, 0.25) is 5.91 Å². The van der Waals surface area contributed by atoms with Gasteiger partial charge < -0.3 is 25.6 Å². The molecule has 10 nitrogen and oxygen atoms in total. The fourth-order valence-corrected chi connectivity index (χ4v) is 5.06. The quantitative estimate of drug-likeness (QED) is 0.689. The fraction of sp³-hybridized carbons (Fsp3) is 0.320. The van der Waals surface area contributed by atoms with Crippen LogP contribution >= 0.6 is 0 Å². The van der Waals surface area contributed by atoms with Crippen molar-refractivity contribution in [1.29, 1.82) is 5.26 Å². The highest BCUT2D eigenvalue weighted by molar-refractivity contribution is 6.01. The zero-order valence-electron chi connectivity index (χ0n) is 19.1. The molecule has 2 fully saturated rings. The summed E-state index contributed by atoms with van der Waals surface area (Å²) >= 11 is 0. The molecule has 2 aliphatic rings. The molecule has 0 radical (unpaired) electrons. The summed E-state index contributed by atoms with van der Waals surface area (Å²) in [4.78, 5) is 54.3. The van der Waals surface area contributed by atoms with E-state index < -0.39 is 35.5 Å². The molecule has 3 N–H and O–H groups in total. The van der Waals surface area contributed by atoms with Crippen LogP contribution in [0.2, 0.25) is 0 Å². The molecule has 2 aromatic carbocycles. The number of likely N-dealkylation sites (N-methyl/N-ethyl adjacent to an activating group) is 1. The van der Waals surface area contributed by atoms with Gasteiger partial charge in [-0.05, 0) is 43.2 Å². The van der Waals surface area contributed by atoms with Crippen molar-refractivity contribution in [3.05, 3.63) is 65.7 Å². The highest BCUT2D eigenvalue weighted by Crippen LogP contribution is 2.44. The number of anilines is 1. The zero-order valence-corrected chi connectivity index (χ0v) is 19.1. The van der Waals surface area contributed by atoms with Crippen molar-refractivity contribution in [2.45, 2.75) is 24.5 Å². The van der Waals surface area contributed by atoms with Crippen molar-refractivity contribution >= 4 is 29.5 Å². The number of ether oxygens (including phenoxy) is 1. The number of hydrogen-bond acceptors (Lipinski definition) is 6. The predicted octanol–water partition coefficient (Wildman–Crippen LogP) is 1.72. The molecule has 2 saturated heterocycles. The molecule has 2 aliphatic heterocycles. The molecule has 10 heteroatoms. The second kappa shape index (κ2) is 9.46. The Balaban J connectivity index is 1.60. The fourth-order valence-electron chi connectivity index (χ4n) is 5.06. The minimum atomic E-state index is -1.37. The number of nitrogens with two attached hydrogens (primary N) is 1. The molecule has 0 unspecified atom stereocenters. The van der Waals surface area contributed by atoms with Crippen LogP contribution < -0.4 is 11.1 Å². The maximum Gasteiger partial charge on any atom is 0.405 e. The van der Waals surface area contributed by atoms with Gasteiger partial charge in [0, 0.05) is 31.4 Å². The van der Waals surface area contributed by atoms with Gasteiger partial charge >= 0.3 is 6.09 Å². The first-order valence-electron chi connectivity index (χ1n) is 11.2. The first-order chi connectivity index (χ1) is 16.8. The zero-order chi connectivity index (χ0) is 25.2. The second-order valence-corrected chi connectivity index (χ2v) is 8.68. The Bertz CT molecular complexity index is 1200. The van der Waals surface area contributed by atoms with Gasteiger partial charge in [0.1, 0.15) is 5.92 Å². The van der Waals surface area contributed by atoms with E-state index in [1.807, 2.05) is 12.1 Å². The third-order valence-electron chi connectivity index (χ3n) is 6.85. The molecule has 2 aromatic rings. The van der Waals surface area contributed by atoms with E-state index in [4.69, 9.17) is 15.7 Å². The number of carbonyl (C=O) groups excluding carboxylic acids is 4. The number of nitriles is 1. The van der Waals surface area contributed by atoms with E-state index in [1.54, 1.807) is 54.4 Å². The number of hydrogen-bond donors (Lipinski definition) is 2. The number of nitrogens with zero attached hydrogens (tertiary/aromatic N) is 3. The highest BCUT2D eigenvalue weighted by Gasteiger charge is 2.62. The van der Waals surface area contributed by atoms with Gasteiger partial charge in [0.25, 0.3) is 11.8 Å². The van der Waals surface area contributed by atoms with Crippen molar-refractivity contribution in [2.75, 3.05) is 25.5 Å². The molecule has 35 heavy (non-hydrogen) atoms. The summed E-state index contributed by atoms with van der Waals surface area (Å²) in [6.07, 6.45) is -1.92. The van der Waals surface area contributed by atoms with Crippen LogP contribution in [0.15, 0.2) is 54.6 Å². The number of carbonyl (C=O) groups is 4. The van der Waals surface area contributed by atoms with Crippen LogP contribution in [-0.4, -0.2) is 65.4 Å². The Hall–Kier alpha value is -4.39. The Kier molecular flexibility index (Phi) is 6.42. The summed E-state index contributed by atoms with van der Waals surface area (Å²) in [5.41, 5.74) is 5.57. The molecule has 0 saturated carbocycles. The number of nitrogens with one attached hydrogen (secondary N) is 1. The third-order valence-corrected chi connectivity index (χ3v) is 6.85. The number of amides is 4. The second-order valence-electron chi connectivity index (χ2n) is 8.68. The Morgan fingerprint density at radius 3 is 2.43 bits per heavy atom. The molecular weight excluding hydrogens is 450 g/mol. The van der Waals surface area contributed by atoms with E-state index in [2.05, 4.69) is 5.32 Å². The number of benzene rings is 2. The van der Waals surface area contributed by atoms with Crippen molar-refractivity contribution in [2.24, 2.45) is 11.7 Å². The minimum Gasteiger partial charge on any atom is -0.435 e. The van der Waals surface area contributed by atoms with Crippen LogP contribution in [0.5, 0.6) is 0 Å². The molecule has 1 spiro atoms. The molecule has 180 valence electrons. The van der Waals surface area contributed by atoms with E-state index in [-0.39, 0.29) is 19.0 Å². The van der Waals surface area contributed by atoms with Crippen molar-refractivity contribution in [3.63, 3.8) is 0 Å². The Morgan fingerprint density at radius 2 is 1.80 bits per heavy atom. The number of likely N-dealkylation sites (tertiary alicyclic amines) is 2. The van der Waals surface area contributed by atoms with Gasteiger partial charge in [-0.1, -0.05) is 24.3 Å². The monoisotopic (exact) mass is 475 g/mol. The number of piperidine rings is 1. The summed E-state index contributed by atoms with van der Waals surface area (Å²) in [6, 6.07) is 17.2. The lowest BCUT2D eigenvalue weighted by Crippen LogP contribution is -2.58. The SMILES string of the molecule is CN1C(=O)[C@H](OC(N)=O)[C@@H](C(=O)Nc2ccccc2)C12CCN(C(=O)c1cccc(C#N)c1)CC2. The minimum absolute atomic E-state index is 0.237. The van der Waals surface area contributed by atoms with E-state index in [9.17, 15) is 19.2 Å². The van der Waals surface area contributed by atoms with Gasteiger partial charge in [-0.25, -0.2) is 4.79 Å².